The fourth-order valence-corrected chi connectivity index (χ4v) is 2.84. The van der Waals surface area contributed by atoms with Crippen molar-refractivity contribution in [1.29, 1.82) is 0 Å². The molecule has 0 aromatic heterocycles. The lowest BCUT2D eigenvalue weighted by Crippen LogP contribution is -2.43. The number of aliphatic carboxylic acids is 1. The fourth-order valence-electron chi connectivity index (χ4n) is 2.84. The van der Waals surface area contributed by atoms with E-state index in [4.69, 9.17) is 15.3 Å². The quantitative estimate of drug-likeness (QED) is 0.157. The Morgan fingerprint density at radius 1 is 1.18 bits per heavy atom. The molecule has 2 aromatic carbocycles. The number of hydrogen-bond donors (Lipinski definition) is 5. The van der Waals surface area contributed by atoms with E-state index in [1.165, 1.54) is 13.4 Å². The van der Waals surface area contributed by atoms with E-state index in [-0.39, 0.29) is 18.4 Å². The smallest absolute Gasteiger partial charge is 0.408 e. The number of carboxylic acid groups (broad SMARTS) is 1. The summed E-state index contributed by atoms with van der Waals surface area (Å²) in [6.45, 7) is 3.32. The highest BCUT2D eigenvalue weighted by atomic mass is 16.6. The number of hydrazine groups is 1. The van der Waals surface area contributed by atoms with Crippen LogP contribution in [0.3, 0.4) is 0 Å². The number of methoxy groups -OCH3 is 1. The summed E-state index contributed by atoms with van der Waals surface area (Å²) < 4.78 is 10.3. The Labute approximate surface area is 190 Å². The van der Waals surface area contributed by atoms with Crippen molar-refractivity contribution < 1.29 is 29.0 Å². The van der Waals surface area contributed by atoms with E-state index in [0.717, 1.165) is 0 Å². The summed E-state index contributed by atoms with van der Waals surface area (Å²) in [7, 11) is 1.42. The number of ether oxygens (including phenoxy) is 2. The molecule has 0 bridgehead atoms. The minimum atomic E-state index is -1.23. The van der Waals surface area contributed by atoms with Gasteiger partial charge in [-0.25, -0.2) is 20.4 Å². The molecule has 0 aliphatic carbocycles. The monoisotopic (exact) mass is 457 g/mol. The van der Waals surface area contributed by atoms with Crippen LogP contribution in [-0.4, -0.2) is 48.7 Å². The minimum absolute atomic E-state index is 0.0465. The topological polar surface area (TPSA) is 164 Å². The molecule has 0 spiro atoms. The molecule has 0 saturated carbocycles. The number of carbonyl (C=O) groups is 3. The molecule has 0 radical (unpaired) electrons. The number of nitrogens with one attached hydrogen (secondary N) is 3. The number of benzene rings is 2. The lowest BCUT2D eigenvalue weighted by Gasteiger charge is -2.18. The first-order valence-electron chi connectivity index (χ1n) is 10.0. The van der Waals surface area contributed by atoms with E-state index in [2.05, 4.69) is 21.1 Å². The van der Waals surface area contributed by atoms with Gasteiger partial charge in [0.1, 0.15) is 18.1 Å². The van der Waals surface area contributed by atoms with Gasteiger partial charge in [0.25, 0.3) is 5.91 Å². The van der Waals surface area contributed by atoms with Crippen molar-refractivity contribution >= 4 is 35.7 Å². The fraction of sp³-hybridized carbons (Fsp3) is 0.273. The van der Waals surface area contributed by atoms with E-state index in [9.17, 15) is 19.5 Å². The Morgan fingerprint density at radius 2 is 1.94 bits per heavy atom. The Kier molecular flexibility index (Phi) is 9.18. The lowest BCUT2D eigenvalue weighted by atomic mass is 10.0. The number of carbonyl (C=O) groups excluding carboxylic acids is 2. The summed E-state index contributed by atoms with van der Waals surface area (Å²) in [5.74, 6) is 3.92. The van der Waals surface area contributed by atoms with Crippen LogP contribution in [-0.2, 0) is 16.0 Å². The van der Waals surface area contributed by atoms with Crippen molar-refractivity contribution in [1.82, 2.24) is 10.7 Å². The number of alkyl carbamates (subject to hydrolysis) is 1. The molecule has 0 heterocycles. The highest BCUT2D eigenvalue weighted by Gasteiger charge is 2.23. The van der Waals surface area contributed by atoms with Crippen LogP contribution < -0.4 is 26.6 Å². The van der Waals surface area contributed by atoms with Gasteiger partial charge in [0.15, 0.2) is 0 Å². The van der Waals surface area contributed by atoms with E-state index in [0.29, 0.717) is 28.3 Å². The van der Waals surface area contributed by atoms with Crippen LogP contribution in [0.2, 0.25) is 0 Å². The maximum absolute atomic E-state index is 12.6. The molecule has 2 rings (SSSR count). The molecule has 0 aliphatic heterocycles. The van der Waals surface area contributed by atoms with Gasteiger partial charge in [-0.1, -0.05) is 12.1 Å². The molecule has 33 heavy (non-hydrogen) atoms. The van der Waals surface area contributed by atoms with E-state index < -0.39 is 18.1 Å². The van der Waals surface area contributed by atoms with Crippen LogP contribution in [0, 0.1) is 0 Å². The predicted molar refractivity (Wildman–Crippen MR) is 123 cm³/mol. The van der Waals surface area contributed by atoms with Gasteiger partial charge >= 0.3 is 12.1 Å². The van der Waals surface area contributed by atoms with Crippen LogP contribution in [0.4, 0.5) is 16.2 Å². The molecular formula is C22H27N5O6. The number of nitrogens with two attached hydrogens (primary N) is 1. The SMILES string of the molecule is COc1cc(NC(=O)c2cccc(N=CNN)c2)ccc1C[C@H](NC(=O)OC(C)C)C(=O)O. The van der Waals surface area contributed by atoms with Crippen molar-refractivity contribution in [2.75, 3.05) is 12.4 Å². The molecule has 1 atom stereocenters. The molecule has 0 fully saturated rings. The van der Waals surface area contributed by atoms with Crippen LogP contribution in [0.5, 0.6) is 5.75 Å². The van der Waals surface area contributed by atoms with Crippen molar-refractivity contribution in [3.63, 3.8) is 0 Å². The summed E-state index contributed by atoms with van der Waals surface area (Å²) >= 11 is 0. The van der Waals surface area contributed by atoms with Gasteiger partial charge in [0.05, 0.1) is 18.9 Å². The number of carboxylic acids is 1. The molecule has 11 nitrogen and oxygen atoms in total. The van der Waals surface area contributed by atoms with Gasteiger partial charge in [0, 0.05) is 23.7 Å². The maximum Gasteiger partial charge on any atom is 0.408 e. The number of amides is 2. The van der Waals surface area contributed by atoms with Crippen LogP contribution in [0.15, 0.2) is 47.5 Å². The van der Waals surface area contributed by atoms with E-state index >= 15 is 0 Å². The van der Waals surface area contributed by atoms with Crippen molar-refractivity contribution in [3.8, 4) is 5.75 Å². The lowest BCUT2D eigenvalue weighted by molar-refractivity contribution is -0.139. The molecule has 6 N–H and O–H groups in total. The Hall–Kier alpha value is -4.12. The number of hydrogen-bond acceptors (Lipinski definition) is 7. The number of rotatable bonds is 10. The van der Waals surface area contributed by atoms with Crippen LogP contribution in [0.25, 0.3) is 0 Å². The Balaban J connectivity index is 2.15. The van der Waals surface area contributed by atoms with Crippen LogP contribution >= 0.6 is 0 Å². The average molecular weight is 457 g/mol. The standard InChI is InChI=1S/C22H27N5O6/c1-13(2)33-22(31)27-18(21(29)30)10-14-7-8-17(11-19(14)32-3)26-20(28)15-5-4-6-16(9-15)24-12-25-23/h4-9,11-13,18H,10,23H2,1-3H3,(H,24,25)(H,26,28)(H,27,31)(H,29,30)/t18-/m0/s1. The summed E-state index contributed by atoms with van der Waals surface area (Å²) in [6, 6.07) is 10.2. The average Bonchev–Trinajstić information content (AvgIpc) is 2.77. The van der Waals surface area contributed by atoms with Crippen molar-refractivity contribution in [3.05, 3.63) is 53.6 Å². The first-order chi connectivity index (χ1) is 15.7. The van der Waals surface area contributed by atoms with E-state index in [1.807, 2.05) is 0 Å². The van der Waals surface area contributed by atoms with Gasteiger partial charge < -0.3 is 30.6 Å². The third kappa shape index (κ3) is 7.82. The number of aliphatic imine (C=N–C) groups is 1. The maximum atomic E-state index is 12.6. The zero-order valence-corrected chi connectivity index (χ0v) is 18.5. The molecule has 176 valence electrons. The number of nitrogens with zero attached hydrogens (tertiary/aromatic N) is 1. The van der Waals surface area contributed by atoms with Gasteiger partial charge in [-0.05, 0) is 43.7 Å². The first-order valence-corrected chi connectivity index (χ1v) is 10.0. The van der Waals surface area contributed by atoms with Gasteiger partial charge in [-0.15, -0.1) is 0 Å². The Morgan fingerprint density at radius 3 is 2.58 bits per heavy atom. The zero-order valence-electron chi connectivity index (χ0n) is 18.5. The largest absolute Gasteiger partial charge is 0.496 e. The molecular weight excluding hydrogens is 430 g/mol. The normalized spacial score (nSPS) is 11.7. The van der Waals surface area contributed by atoms with Crippen LogP contribution in [0.1, 0.15) is 29.8 Å². The second kappa shape index (κ2) is 12.1. The zero-order chi connectivity index (χ0) is 24.4. The summed E-state index contributed by atoms with van der Waals surface area (Å²) in [5.41, 5.74) is 4.17. The van der Waals surface area contributed by atoms with E-state index in [1.54, 1.807) is 56.3 Å². The predicted octanol–water partition coefficient (Wildman–Crippen LogP) is 2.20. The van der Waals surface area contributed by atoms with Gasteiger partial charge in [-0.2, -0.15) is 0 Å². The minimum Gasteiger partial charge on any atom is -0.496 e. The third-order valence-electron chi connectivity index (χ3n) is 4.30. The molecule has 0 unspecified atom stereocenters. The third-order valence-corrected chi connectivity index (χ3v) is 4.30. The molecule has 2 amide bonds. The summed E-state index contributed by atoms with van der Waals surface area (Å²) in [6.07, 6.45) is 0.0353. The highest BCUT2D eigenvalue weighted by Crippen LogP contribution is 2.25. The van der Waals surface area contributed by atoms with Crippen molar-refractivity contribution in [2.24, 2.45) is 10.8 Å². The molecule has 0 aliphatic rings. The highest BCUT2D eigenvalue weighted by molar-refractivity contribution is 6.04. The number of anilines is 1. The summed E-state index contributed by atoms with van der Waals surface area (Å²) in [4.78, 5) is 40.1. The Bertz CT molecular complexity index is 1020. The second-order valence-corrected chi connectivity index (χ2v) is 7.15. The van der Waals surface area contributed by atoms with Crippen molar-refractivity contribution in [2.45, 2.75) is 32.4 Å². The van der Waals surface area contributed by atoms with Gasteiger partial charge in [-0.3, -0.25) is 4.79 Å². The first kappa shape index (κ1) is 25.1. The second-order valence-electron chi connectivity index (χ2n) is 7.15. The summed E-state index contributed by atoms with van der Waals surface area (Å²) in [5, 5.41) is 14.6. The molecule has 0 saturated heterocycles. The molecule has 2 aromatic rings. The molecule has 11 heteroatoms. The van der Waals surface area contributed by atoms with Gasteiger partial charge in [0.2, 0.25) is 0 Å².